The van der Waals surface area contributed by atoms with E-state index in [0.29, 0.717) is 0 Å². The van der Waals surface area contributed by atoms with E-state index in [-0.39, 0.29) is 0 Å². The van der Waals surface area contributed by atoms with Crippen LogP contribution in [-0.2, 0) is 0 Å². The quantitative estimate of drug-likeness (QED) is 0.736. The van der Waals surface area contributed by atoms with Crippen molar-refractivity contribution in [3.05, 3.63) is 0 Å². The summed E-state index contributed by atoms with van der Waals surface area (Å²) in [6, 6.07) is 1.55. The molecule has 2 N–H and O–H groups in total. The van der Waals surface area contributed by atoms with Crippen LogP contribution in [0.2, 0.25) is 22.7 Å². The summed E-state index contributed by atoms with van der Waals surface area (Å²) in [6.07, 6.45) is 1.35. The van der Waals surface area contributed by atoms with E-state index in [9.17, 15) is 0 Å². The third-order valence-electron chi connectivity index (χ3n) is 5.18. The zero-order valence-electron chi connectivity index (χ0n) is 9.74. The molecular formula is C11H21N3Si. The first-order chi connectivity index (χ1) is 7.18. The molecule has 2 saturated heterocycles. The second-order valence-corrected chi connectivity index (χ2v) is 10.8. The van der Waals surface area contributed by atoms with E-state index in [0.717, 1.165) is 36.7 Å². The maximum Gasteiger partial charge on any atom is 0.191 e. The van der Waals surface area contributed by atoms with E-state index in [2.05, 4.69) is 23.7 Å². The molecular weight excluding hydrogens is 202 g/mol. The van der Waals surface area contributed by atoms with Gasteiger partial charge in [0.25, 0.3) is 0 Å². The molecule has 3 aliphatic heterocycles. The predicted octanol–water partition coefficient (Wildman–Crippen LogP) is 1.63. The van der Waals surface area contributed by atoms with Gasteiger partial charge in [0.05, 0.1) is 14.6 Å². The molecule has 2 atom stereocenters. The van der Waals surface area contributed by atoms with Gasteiger partial charge < -0.3 is 10.6 Å². The molecule has 3 heterocycles. The van der Waals surface area contributed by atoms with Crippen molar-refractivity contribution in [2.45, 2.75) is 42.9 Å². The monoisotopic (exact) mass is 223 g/mol. The zero-order chi connectivity index (χ0) is 10.6. The number of guanidine groups is 1. The number of fused-ring (bicyclic) bond motifs is 1. The Kier molecular flexibility index (Phi) is 1.94. The van der Waals surface area contributed by atoms with Crippen molar-refractivity contribution in [1.82, 2.24) is 4.90 Å². The highest BCUT2D eigenvalue weighted by atomic mass is 28.3. The molecule has 2 unspecified atom stereocenters. The molecule has 84 valence electrons. The Hall–Kier alpha value is -0.513. The van der Waals surface area contributed by atoms with Gasteiger partial charge in [-0.05, 0) is 23.0 Å². The van der Waals surface area contributed by atoms with E-state index in [1.165, 1.54) is 12.0 Å². The van der Waals surface area contributed by atoms with Crippen molar-refractivity contribution in [3.63, 3.8) is 0 Å². The van der Waals surface area contributed by atoms with Crippen LogP contribution in [-0.4, -0.2) is 38.6 Å². The van der Waals surface area contributed by atoms with E-state index in [1.807, 2.05) is 0 Å². The van der Waals surface area contributed by atoms with Crippen LogP contribution in [0.4, 0.5) is 0 Å². The smallest absolute Gasteiger partial charge is 0.191 e. The molecule has 3 nitrogen and oxygen atoms in total. The summed E-state index contributed by atoms with van der Waals surface area (Å²) >= 11 is 0. The Bertz CT molecular complexity index is 305. The molecule has 3 aliphatic rings. The summed E-state index contributed by atoms with van der Waals surface area (Å²) in [5.74, 6) is 0.776. The normalized spacial score (nSPS) is 46.4. The van der Waals surface area contributed by atoms with E-state index < -0.39 is 8.07 Å². The largest absolute Gasteiger partial charge is 0.370 e. The molecule has 0 aromatic carbocycles. The lowest BCUT2D eigenvalue weighted by atomic mass is 10.3. The summed E-state index contributed by atoms with van der Waals surface area (Å²) in [5.41, 5.74) is 9.31. The SMILES string of the molecule is CC1C2C(C)[Si]12CCCN1CCN=C1N. The van der Waals surface area contributed by atoms with Crippen LogP contribution in [0, 0.1) is 0 Å². The lowest BCUT2D eigenvalue weighted by Gasteiger charge is -2.18. The van der Waals surface area contributed by atoms with Gasteiger partial charge in [-0.2, -0.15) is 0 Å². The minimum atomic E-state index is -0.649. The number of aliphatic imine (C=N–C) groups is 1. The number of hydrogen-bond acceptors (Lipinski definition) is 3. The molecule has 0 bridgehead atoms. The molecule has 0 saturated carbocycles. The molecule has 0 aliphatic carbocycles. The lowest BCUT2D eigenvalue weighted by Crippen LogP contribution is -2.34. The molecule has 15 heavy (non-hydrogen) atoms. The Balaban J connectivity index is 1.43. The molecule has 0 aromatic heterocycles. The summed E-state index contributed by atoms with van der Waals surface area (Å²) in [5, 5.41) is 0. The summed E-state index contributed by atoms with van der Waals surface area (Å²) in [6.45, 7) is 8.06. The molecule has 0 amide bonds. The van der Waals surface area contributed by atoms with Crippen LogP contribution in [0.5, 0.6) is 0 Å². The maximum atomic E-state index is 5.80. The van der Waals surface area contributed by atoms with Crippen molar-refractivity contribution in [3.8, 4) is 0 Å². The van der Waals surface area contributed by atoms with Gasteiger partial charge >= 0.3 is 0 Å². The van der Waals surface area contributed by atoms with Gasteiger partial charge in [0.2, 0.25) is 0 Å². The second kappa shape index (κ2) is 3.00. The fraction of sp³-hybridized carbons (Fsp3) is 0.909. The first-order valence-corrected chi connectivity index (χ1v) is 8.66. The fourth-order valence-corrected chi connectivity index (χ4v) is 11.2. The van der Waals surface area contributed by atoms with Gasteiger partial charge in [-0.15, -0.1) is 0 Å². The Morgan fingerprint density at radius 1 is 1.47 bits per heavy atom. The van der Waals surface area contributed by atoms with Gasteiger partial charge in [-0.1, -0.05) is 19.9 Å². The highest BCUT2D eigenvalue weighted by Crippen LogP contribution is 2.88. The zero-order valence-corrected chi connectivity index (χ0v) is 10.7. The van der Waals surface area contributed by atoms with E-state index >= 15 is 0 Å². The third kappa shape index (κ3) is 1.20. The minimum absolute atomic E-state index is 0.649. The van der Waals surface area contributed by atoms with Gasteiger partial charge in [0, 0.05) is 13.1 Å². The standard InChI is InChI=1S/C11H21N3Si/c1-8-10-9(2)15(8,10)7-3-5-14-6-4-13-11(14)12/h8-10H,3-7H2,1-2H3,(H2,12,13). The van der Waals surface area contributed by atoms with E-state index in [1.54, 1.807) is 6.04 Å². The third-order valence-corrected chi connectivity index (χ3v) is 12.0. The first kappa shape index (κ1) is 9.69. The summed E-state index contributed by atoms with van der Waals surface area (Å²) in [4.78, 5) is 6.47. The molecule has 4 heteroatoms. The van der Waals surface area contributed by atoms with Crippen LogP contribution in [0.1, 0.15) is 20.3 Å². The topological polar surface area (TPSA) is 41.6 Å². The second-order valence-electron chi connectivity index (χ2n) is 5.55. The number of nitrogens with zero attached hydrogens (tertiary/aromatic N) is 2. The van der Waals surface area contributed by atoms with Crippen LogP contribution >= 0.6 is 0 Å². The van der Waals surface area contributed by atoms with Crippen molar-refractivity contribution in [1.29, 1.82) is 0 Å². The summed E-state index contributed by atoms with van der Waals surface area (Å²) < 4.78 is 0. The Labute approximate surface area is 92.7 Å². The predicted molar refractivity (Wildman–Crippen MR) is 65.8 cm³/mol. The van der Waals surface area contributed by atoms with Gasteiger partial charge in [-0.25, -0.2) is 0 Å². The fourth-order valence-electron chi connectivity index (χ4n) is 4.04. The van der Waals surface area contributed by atoms with E-state index in [4.69, 9.17) is 5.73 Å². The molecule has 0 radical (unpaired) electrons. The molecule has 3 rings (SSSR count). The number of nitrogens with two attached hydrogens (primary N) is 1. The summed E-state index contributed by atoms with van der Waals surface area (Å²) in [7, 11) is -0.649. The van der Waals surface area contributed by atoms with Crippen molar-refractivity contribution in [2.75, 3.05) is 19.6 Å². The van der Waals surface area contributed by atoms with Crippen LogP contribution in [0.15, 0.2) is 4.99 Å². The highest BCUT2D eigenvalue weighted by Gasteiger charge is 2.82. The Morgan fingerprint density at radius 3 is 2.67 bits per heavy atom. The van der Waals surface area contributed by atoms with Crippen LogP contribution in [0.25, 0.3) is 0 Å². The van der Waals surface area contributed by atoms with Crippen LogP contribution < -0.4 is 5.73 Å². The molecule has 2 fully saturated rings. The maximum absolute atomic E-state index is 5.80. The van der Waals surface area contributed by atoms with Crippen LogP contribution in [0.3, 0.4) is 0 Å². The molecule has 0 spiro atoms. The average Bonchev–Trinajstić information content (AvgIpc) is 2.94. The van der Waals surface area contributed by atoms with Gasteiger partial charge in [0.1, 0.15) is 0 Å². The lowest BCUT2D eigenvalue weighted by molar-refractivity contribution is 0.450. The highest BCUT2D eigenvalue weighted by molar-refractivity contribution is 7.05. The molecule has 0 aromatic rings. The van der Waals surface area contributed by atoms with Crippen molar-refractivity contribution < 1.29 is 0 Å². The number of hydrogen-bond donors (Lipinski definition) is 1. The first-order valence-electron chi connectivity index (χ1n) is 6.23. The van der Waals surface area contributed by atoms with Gasteiger partial charge in [0.15, 0.2) is 5.96 Å². The van der Waals surface area contributed by atoms with Crippen molar-refractivity contribution >= 4 is 14.0 Å². The van der Waals surface area contributed by atoms with Gasteiger partial charge in [-0.3, -0.25) is 4.99 Å². The van der Waals surface area contributed by atoms with Crippen molar-refractivity contribution in [2.24, 2.45) is 10.7 Å². The average molecular weight is 223 g/mol. The minimum Gasteiger partial charge on any atom is -0.370 e. The Morgan fingerprint density at radius 2 is 2.20 bits per heavy atom. The number of rotatable bonds is 4.